The topological polar surface area (TPSA) is 9.23 Å². The Morgan fingerprint density at radius 3 is 2.22 bits per heavy atom. The van der Waals surface area contributed by atoms with Gasteiger partial charge < -0.3 is 4.74 Å². The van der Waals surface area contributed by atoms with E-state index in [2.05, 4.69) is 65.3 Å². The van der Waals surface area contributed by atoms with Crippen molar-refractivity contribution >= 4 is 0 Å². The van der Waals surface area contributed by atoms with Crippen LogP contribution in [0.15, 0.2) is 24.3 Å². The Balaban J connectivity index is 2.31. The highest BCUT2D eigenvalue weighted by Gasteiger charge is 2.09. The molecule has 1 nitrogen and oxygen atoms in total. The van der Waals surface area contributed by atoms with E-state index in [1.165, 1.54) is 12.0 Å². The lowest BCUT2D eigenvalue weighted by Gasteiger charge is -2.17. The van der Waals surface area contributed by atoms with E-state index in [-0.39, 0.29) is 6.10 Å². The summed E-state index contributed by atoms with van der Waals surface area (Å²) in [4.78, 5) is 0. The van der Waals surface area contributed by atoms with E-state index in [0.29, 0.717) is 5.41 Å². The van der Waals surface area contributed by atoms with E-state index < -0.39 is 0 Å². The van der Waals surface area contributed by atoms with Crippen molar-refractivity contribution in [3.05, 3.63) is 36.2 Å². The van der Waals surface area contributed by atoms with Crippen molar-refractivity contribution in [1.82, 2.24) is 0 Å². The number of hydrogen-bond acceptors (Lipinski definition) is 1. The van der Waals surface area contributed by atoms with Crippen molar-refractivity contribution in [3.63, 3.8) is 0 Å². The van der Waals surface area contributed by atoms with Crippen LogP contribution in [0.2, 0.25) is 0 Å². The molecule has 0 amide bonds. The Morgan fingerprint density at radius 2 is 1.72 bits per heavy atom. The highest BCUT2D eigenvalue weighted by molar-refractivity contribution is 5.27. The Labute approximate surface area is 113 Å². The van der Waals surface area contributed by atoms with Gasteiger partial charge in [0.1, 0.15) is 5.75 Å². The second-order valence-corrected chi connectivity index (χ2v) is 6.40. The van der Waals surface area contributed by atoms with Gasteiger partial charge in [0.2, 0.25) is 0 Å². The molecule has 0 N–H and O–H groups in total. The zero-order valence-electron chi connectivity index (χ0n) is 12.5. The monoisotopic (exact) mass is 247 g/mol. The van der Waals surface area contributed by atoms with E-state index in [9.17, 15) is 0 Å². The van der Waals surface area contributed by atoms with Gasteiger partial charge in [-0.15, -0.1) is 0 Å². The lowest BCUT2D eigenvalue weighted by Crippen LogP contribution is -2.05. The third-order valence-electron chi connectivity index (χ3n) is 2.69. The first kappa shape index (κ1) is 15.1. The van der Waals surface area contributed by atoms with Gasteiger partial charge in [0, 0.05) is 0 Å². The van der Waals surface area contributed by atoms with Gasteiger partial charge in [-0.3, -0.25) is 0 Å². The zero-order chi connectivity index (χ0) is 13.6. The molecule has 0 heterocycles. The van der Waals surface area contributed by atoms with E-state index in [4.69, 9.17) is 4.74 Å². The number of ether oxygens (including phenoxy) is 1. The van der Waals surface area contributed by atoms with Crippen molar-refractivity contribution in [3.8, 4) is 5.75 Å². The first-order valence-electron chi connectivity index (χ1n) is 6.94. The summed E-state index contributed by atoms with van der Waals surface area (Å²) in [7, 11) is 0. The molecule has 0 spiro atoms. The second kappa shape index (κ2) is 6.82. The van der Waals surface area contributed by atoms with E-state index >= 15 is 0 Å². The summed E-state index contributed by atoms with van der Waals surface area (Å²) in [5, 5.41) is 0. The lowest BCUT2D eigenvalue weighted by molar-refractivity contribution is 0.242. The second-order valence-electron chi connectivity index (χ2n) is 6.40. The van der Waals surface area contributed by atoms with Crippen LogP contribution in [0, 0.1) is 11.8 Å². The first-order valence-corrected chi connectivity index (χ1v) is 6.94. The van der Waals surface area contributed by atoms with Gasteiger partial charge in [0.05, 0.1) is 6.10 Å². The SMILES string of the molecule is CC(C)Oc1ccc(CC[CH]CC(C)(C)C)cc1. The van der Waals surface area contributed by atoms with Gasteiger partial charge >= 0.3 is 0 Å². The fourth-order valence-corrected chi connectivity index (χ4v) is 1.81. The molecule has 1 heteroatoms. The predicted molar refractivity (Wildman–Crippen MR) is 78.9 cm³/mol. The van der Waals surface area contributed by atoms with Crippen molar-refractivity contribution in [2.24, 2.45) is 5.41 Å². The summed E-state index contributed by atoms with van der Waals surface area (Å²) < 4.78 is 5.63. The molecule has 0 aliphatic heterocycles. The van der Waals surface area contributed by atoms with Crippen LogP contribution in [-0.4, -0.2) is 6.10 Å². The molecule has 0 atom stereocenters. The van der Waals surface area contributed by atoms with Crippen LogP contribution < -0.4 is 4.74 Å². The van der Waals surface area contributed by atoms with Crippen molar-refractivity contribution < 1.29 is 4.74 Å². The van der Waals surface area contributed by atoms with Gasteiger partial charge in [-0.1, -0.05) is 32.9 Å². The molecule has 1 aromatic rings. The Kier molecular flexibility index (Phi) is 5.71. The summed E-state index contributed by atoms with van der Waals surface area (Å²) in [5.74, 6) is 0.965. The van der Waals surface area contributed by atoms with Crippen LogP contribution in [0.5, 0.6) is 5.75 Å². The molecule has 18 heavy (non-hydrogen) atoms. The van der Waals surface area contributed by atoms with E-state index in [0.717, 1.165) is 18.6 Å². The molecule has 0 aromatic heterocycles. The van der Waals surface area contributed by atoms with Crippen LogP contribution in [0.3, 0.4) is 0 Å². The minimum atomic E-state index is 0.246. The molecule has 1 aromatic carbocycles. The largest absolute Gasteiger partial charge is 0.491 e. The van der Waals surface area contributed by atoms with Gasteiger partial charge in [0.15, 0.2) is 0 Å². The summed E-state index contributed by atoms with van der Waals surface area (Å²) >= 11 is 0. The number of benzene rings is 1. The predicted octanol–water partition coefficient (Wildman–Crippen LogP) is 5.05. The van der Waals surface area contributed by atoms with Gasteiger partial charge in [-0.2, -0.15) is 0 Å². The molecular formula is C17H27O. The molecule has 0 aliphatic rings. The van der Waals surface area contributed by atoms with Gasteiger partial charge in [-0.05, 0) is 62.6 Å². The van der Waals surface area contributed by atoms with Crippen LogP contribution in [0.4, 0.5) is 0 Å². The summed E-state index contributed by atoms with van der Waals surface area (Å²) in [6.07, 6.45) is 6.11. The third kappa shape index (κ3) is 6.68. The molecule has 0 fully saturated rings. The third-order valence-corrected chi connectivity index (χ3v) is 2.69. The highest BCUT2D eigenvalue weighted by atomic mass is 16.5. The molecule has 0 aliphatic carbocycles. The number of aryl methyl sites for hydroxylation is 1. The smallest absolute Gasteiger partial charge is 0.119 e. The first-order chi connectivity index (χ1) is 8.37. The van der Waals surface area contributed by atoms with E-state index in [1.54, 1.807) is 0 Å². The minimum Gasteiger partial charge on any atom is -0.491 e. The lowest BCUT2D eigenvalue weighted by atomic mass is 9.89. The Morgan fingerprint density at radius 1 is 1.11 bits per heavy atom. The fraction of sp³-hybridized carbons (Fsp3) is 0.588. The maximum atomic E-state index is 5.63. The molecule has 0 saturated carbocycles. The molecule has 1 rings (SSSR count). The highest BCUT2D eigenvalue weighted by Crippen LogP contribution is 2.22. The van der Waals surface area contributed by atoms with Crippen molar-refractivity contribution in [1.29, 1.82) is 0 Å². The quantitative estimate of drug-likeness (QED) is 0.639. The van der Waals surface area contributed by atoms with Gasteiger partial charge in [0.25, 0.3) is 0 Å². The molecular weight excluding hydrogens is 220 g/mol. The van der Waals surface area contributed by atoms with Crippen LogP contribution in [-0.2, 0) is 6.42 Å². The number of rotatable bonds is 6. The summed E-state index contributed by atoms with van der Waals surface area (Å²) in [6, 6.07) is 8.48. The fourth-order valence-electron chi connectivity index (χ4n) is 1.81. The average Bonchev–Trinajstić information content (AvgIpc) is 2.24. The Bertz CT molecular complexity index is 330. The molecule has 101 valence electrons. The van der Waals surface area contributed by atoms with Crippen LogP contribution >= 0.6 is 0 Å². The Hall–Kier alpha value is -0.980. The van der Waals surface area contributed by atoms with Crippen molar-refractivity contribution in [2.45, 2.75) is 60.0 Å². The van der Waals surface area contributed by atoms with Crippen molar-refractivity contribution in [2.75, 3.05) is 0 Å². The van der Waals surface area contributed by atoms with Gasteiger partial charge in [-0.25, -0.2) is 0 Å². The zero-order valence-corrected chi connectivity index (χ0v) is 12.5. The van der Waals surface area contributed by atoms with Crippen LogP contribution in [0.25, 0.3) is 0 Å². The molecule has 0 unspecified atom stereocenters. The number of hydrogen-bond donors (Lipinski definition) is 0. The maximum Gasteiger partial charge on any atom is 0.119 e. The maximum absolute atomic E-state index is 5.63. The average molecular weight is 247 g/mol. The van der Waals surface area contributed by atoms with E-state index in [1.807, 2.05) is 0 Å². The molecule has 1 radical (unpaired) electrons. The normalized spacial score (nSPS) is 11.9. The summed E-state index contributed by atoms with van der Waals surface area (Å²) in [5.41, 5.74) is 1.80. The molecule has 0 saturated heterocycles. The summed E-state index contributed by atoms with van der Waals surface area (Å²) in [6.45, 7) is 10.9. The van der Waals surface area contributed by atoms with Crippen LogP contribution in [0.1, 0.15) is 53.0 Å². The minimum absolute atomic E-state index is 0.246. The molecule has 0 bridgehead atoms. The standard InChI is InChI=1S/C17H27O/c1-14(2)18-16-11-9-15(10-12-16)8-6-7-13-17(3,4)5/h7,9-12,14H,6,8,13H2,1-5H3. The number of unbranched alkanes of at least 4 members (excludes halogenated alkanes) is 1.